The van der Waals surface area contributed by atoms with Crippen LogP contribution in [0, 0.1) is 0 Å². The van der Waals surface area contributed by atoms with E-state index in [1.807, 2.05) is 84.9 Å². The number of hydrogen-bond donors (Lipinski definition) is 0. The third-order valence-electron chi connectivity index (χ3n) is 8.77. The normalized spacial score (nSPS) is 15.0. The second kappa shape index (κ2) is 10.6. The Labute approximate surface area is 262 Å². The Morgan fingerprint density at radius 1 is 0.600 bits per heavy atom. The first-order valence-electron chi connectivity index (χ1n) is 15.0. The lowest BCUT2D eigenvalue weighted by atomic mass is 10.0. The molecule has 0 N–H and O–H groups in total. The van der Waals surface area contributed by atoms with Crippen LogP contribution in [0.3, 0.4) is 0 Å². The number of rotatable bonds is 6. The van der Waals surface area contributed by atoms with Gasteiger partial charge in [-0.2, -0.15) is 0 Å². The fourth-order valence-corrected chi connectivity index (χ4v) is 9.78. The average molecular weight is 597 g/mol. The third-order valence-corrected chi connectivity index (χ3v) is 11.9. The first-order valence-corrected chi connectivity index (χ1v) is 16.7. The Morgan fingerprint density at radius 3 is 1.93 bits per heavy atom. The van der Waals surface area contributed by atoms with Crippen LogP contribution < -0.4 is 15.9 Å². The van der Waals surface area contributed by atoms with Crippen LogP contribution in [-0.2, 0) is 4.57 Å². The zero-order chi connectivity index (χ0) is 30.5. The Bertz CT molecular complexity index is 2260. The van der Waals surface area contributed by atoms with Crippen molar-refractivity contribution in [1.29, 1.82) is 0 Å². The van der Waals surface area contributed by atoms with E-state index in [-0.39, 0.29) is 0 Å². The smallest absolute Gasteiger partial charge is 0.172 e. The number of benzene rings is 5. The van der Waals surface area contributed by atoms with Crippen molar-refractivity contribution in [2.45, 2.75) is 0 Å². The van der Waals surface area contributed by atoms with Crippen LogP contribution in [-0.4, -0.2) is 9.55 Å². The molecular formula is C41H29N2OP. The fourth-order valence-electron chi connectivity index (χ4n) is 6.71. The first-order chi connectivity index (χ1) is 22.1. The Morgan fingerprint density at radius 2 is 1.24 bits per heavy atom. The predicted molar refractivity (Wildman–Crippen MR) is 191 cm³/mol. The molecule has 0 saturated heterocycles. The molecule has 1 aliphatic rings. The summed E-state index contributed by atoms with van der Waals surface area (Å²) >= 11 is 0. The molecule has 3 heterocycles. The minimum absolute atomic E-state index is 0.778. The van der Waals surface area contributed by atoms with Crippen molar-refractivity contribution in [2.24, 2.45) is 0 Å². The molecule has 0 bridgehead atoms. The average Bonchev–Trinajstić information content (AvgIpc) is 3.57. The van der Waals surface area contributed by atoms with Crippen LogP contribution in [0.25, 0.3) is 62.4 Å². The standard InChI is InChI=1S/C41H29N2OP/c1-3-32-34-27-40-35(33-22-14-15-23-39(33)45(40,44)31-20-12-7-13-21-31)26-38(34)43(37(32)4-2)41-25-30(28-16-8-5-9-17-28)24-36(42-41)29-18-10-6-11-19-29/h3-27H,1-2H2. The summed E-state index contributed by atoms with van der Waals surface area (Å²) in [6, 6.07) is 47.2. The lowest BCUT2D eigenvalue weighted by molar-refractivity contribution is 0.593. The van der Waals surface area contributed by atoms with Gasteiger partial charge in [0.05, 0.1) is 16.9 Å². The lowest BCUT2D eigenvalue weighted by Gasteiger charge is -2.16. The van der Waals surface area contributed by atoms with Gasteiger partial charge < -0.3 is 4.57 Å². The summed E-state index contributed by atoms with van der Waals surface area (Å²) in [6.07, 6.45) is 3.74. The van der Waals surface area contributed by atoms with E-state index in [1.165, 1.54) is 0 Å². The Kier molecular flexibility index (Phi) is 6.37. The SMILES string of the molecule is C=Cc1c(C=C)n(-c2cc(-c3ccccc3)cc(-c3ccccc3)n2)c2cc3c(cc12)P(=O)(c1ccccc1)c1ccccc1-3. The van der Waals surface area contributed by atoms with E-state index in [1.54, 1.807) is 0 Å². The van der Waals surface area contributed by atoms with Crippen molar-refractivity contribution in [3.8, 4) is 39.3 Å². The molecule has 0 aliphatic carbocycles. The molecule has 7 aromatic rings. The molecule has 3 nitrogen and oxygen atoms in total. The highest BCUT2D eigenvalue weighted by atomic mass is 31.2. The molecular weight excluding hydrogens is 567 g/mol. The van der Waals surface area contributed by atoms with E-state index in [2.05, 4.69) is 84.5 Å². The first kappa shape index (κ1) is 27.1. The Balaban J connectivity index is 1.46. The fraction of sp³-hybridized carbons (Fsp3) is 0. The van der Waals surface area contributed by atoms with Gasteiger partial charge in [0.15, 0.2) is 7.14 Å². The molecule has 0 fully saturated rings. The van der Waals surface area contributed by atoms with Crippen LogP contribution in [0.1, 0.15) is 11.3 Å². The molecule has 2 aromatic heterocycles. The lowest BCUT2D eigenvalue weighted by Crippen LogP contribution is -2.20. The highest BCUT2D eigenvalue weighted by Gasteiger charge is 2.40. The monoisotopic (exact) mass is 596 g/mol. The van der Waals surface area contributed by atoms with Gasteiger partial charge in [-0.3, -0.25) is 4.57 Å². The van der Waals surface area contributed by atoms with E-state index < -0.39 is 7.14 Å². The van der Waals surface area contributed by atoms with Gasteiger partial charge in [-0.15, -0.1) is 0 Å². The summed E-state index contributed by atoms with van der Waals surface area (Å²) in [6.45, 7) is 8.43. The molecule has 214 valence electrons. The van der Waals surface area contributed by atoms with Gasteiger partial charge in [-0.05, 0) is 52.6 Å². The van der Waals surface area contributed by atoms with Gasteiger partial charge in [-0.1, -0.05) is 134 Å². The van der Waals surface area contributed by atoms with Crippen LogP contribution in [0.15, 0.2) is 153 Å². The number of aromatic nitrogens is 2. The van der Waals surface area contributed by atoms with Crippen LogP contribution >= 0.6 is 7.14 Å². The summed E-state index contributed by atoms with van der Waals surface area (Å²) < 4.78 is 17.4. The molecule has 0 spiro atoms. The van der Waals surface area contributed by atoms with Gasteiger partial charge in [0.2, 0.25) is 0 Å². The molecule has 1 atom stereocenters. The van der Waals surface area contributed by atoms with Crippen molar-refractivity contribution >= 4 is 46.1 Å². The number of fused-ring (bicyclic) bond motifs is 4. The maximum Gasteiger partial charge on any atom is 0.172 e. The zero-order valence-corrected chi connectivity index (χ0v) is 25.5. The molecule has 4 heteroatoms. The summed E-state index contributed by atoms with van der Waals surface area (Å²) in [5.74, 6) is 0.778. The molecule has 5 aromatic carbocycles. The topological polar surface area (TPSA) is 34.9 Å². The summed E-state index contributed by atoms with van der Waals surface area (Å²) in [5, 5.41) is 3.54. The molecule has 8 rings (SSSR count). The van der Waals surface area contributed by atoms with E-state index in [0.717, 1.165) is 77.4 Å². The third kappa shape index (κ3) is 4.13. The second-order valence-corrected chi connectivity index (χ2v) is 13.9. The van der Waals surface area contributed by atoms with Crippen molar-refractivity contribution in [2.75, 3.05) is 0 Å². The van der Waals surface area contributed by atoms with Crippen molar-refractivity contribution in [1.82, 2.24) is 9.55 Å². The minimum atomic E-state index is -3.10. The maximum absolute atomic E-state index is 15.3. The van der Waals surface area contributed by atoms with Crippen LogP contribution in [0.4, 0.5) is 0 Å². The van der Waals surface area contributed by atoms with Gasteiger partial charge >= 0.3 is 0 Å². The van der Waals surface area contributed by atoms with Crippen LogP contribution in [0.5, 0.6) is 0 Å². The molecule has 1 aliphatic heterocycles. The predicted octanol–water partition coefficient (Wildman–Crippen LogP) is 9.27. The van der Waals surface area contributed by atoms with Crippen molar-refractivity contribution in [3.05, 3.63) is 164 Å². The van der Waals surface area contributed by atoms with Crippen molar-refractivity contribution in [3.63, 3.8) is 0 Å². The molecule has 1 unspecified atom stereocenters. The highest BCUT2D eigenvalue weighted by molar-refractivity contribution is 7.86. The molecule has 0 saturated carbocycles. The summed E-state index contributed by atoms with van der Waals surface area (Å²) in [4.78, 5) is 5.25. The van der Waals surface area contributed by atoms with Crippen molar-refractivity contribution < 1.29 is 4.57 Å². The van der Waals surface area contributed by atoms with E-state index in [9.17, 15) is 0 Å². The summed E-state index contributed by atoms with van der Waals surface area (Å²) in [7, 11) is -3.10. The van der Waals surface area contributed by atoms with Gasteiger partial charge in [-0.25, -0.2) is 4.98 Å². The number of nitrogens with zero attached hydrogens (tertiary/aromatic N) is 2. The molecule has 45 heavy (non-hydrogen) atoms. The molecule has 0 radical (unpaired) electrons. The maximum atomic E-state index is 15.3. The summed E-state index contributed by atoms with van der Waals surface area (Å²) in [5.41, 5.74) is 8.87. The van der Waals surface area contributed by atoms with Crippen LogP contribution in [0.2, 0.25) is 0 Å². The van der Waals surface area contributed by atoms with E-state index >= 15 is 4.57 Å². The quantitative estimate of drug-likeness (QED) is 0.179. The minimum Gasteiger partial charge on any atom is -0.309 e. The highest BCUT2D eigenvalue weighted by Crippen LogP contribution is 2.53. The largest absolute Gasteiger partial charge is 0.309 e. The van der Waals surface area contributed by atoms with E-state index in [0.29, 0.717) is 0 Å². The Hall–Kier alpha value is -5.50. The zero-order valence-electron chi connectivity index (χ0n) is 24.6. The van der Waals surface area contributed by atoms with E-state index in [4.69, 9.17) is 4.98 Å². The second-order valence-electron chi connectivity index (χ2n) is 11.2. The number of hydrogen-bond acceptors (Lipinski definition) is 2. The van der Waals surface area contributed by atoms with Gasteiger partial charge in [0.25, 0.3) is 0 Å². The van der Waals surface area contributed by atoms with Gasteiger partial charge in [0.1, 0.15) is 5.82 Å². The van der Waals surface area contributed by atoms with Gasteiger partial charge in [0, 0.05) is 32.4 Å². The molecule has 0 amide bonds. The number of pyridine rings is 1.